The summed E-state index contributed by atoms with van der Waals surface area (Å²) in [5.41, 5.74) is 2.67. The Labute approximate surface area is 123 Å². The van der Waals surface area contributed by atoms with Crippen LogP contribution in [0.2, 0.25) is 0 Å². The molecule has 3 nitrogen and oxygen atoms in total. The smallest absolute Gasteiger partial charge is 0.146 e. The van der Waals surface area contributed by atoms with Crippen molar-refractivity contribution in [1.29, 1.82) is 0 Å². The summed E-state index contributed by atoms with van der Waals surface area (Å²) < 4.78 is 14.2. The lowest BCUT2D eigenvalue weighted by atomic mass is 10.1. The topological polar surface area (TPSA) is 31.9 Å². The molecule has 0 atom stereocenters. The van der Waals surface area contributed by atoms with Crippen LogP contribution < -0.4 is 4.90 Å². The predicted molar refractivity (Wildman–Crippen MR) is 82.0 cm³/mol. The molecular formula is C17H16FN3. The van der Waals surface area contributed by atoms with Crippen LogP contribution >= 0.6 is 0 Å². The largest absolute Gasteiger partial charge is 0.320 e. The molecule has 0 aliphatic rings. The van der Waals surface area contributed by atoms with Crippen LogP contribution in [0.4, 0.5) is 15.9 Å². The second-order valence-corrected chi connectivity index (χ2v) is 4.97. The maximum Gasteiger partial charge on any atom is 0.146 e. The van der Waals surface area contributed by atoms with E-state index in [0.29, 0.717) is 12.2 Å². The van der Waals surface area contributed by atoms with E-state index >= 15 is 0 Å². The fourth-order valence-corrected chi connectivity index (χ4v) is 2.29. The van der Waals surface area contributed by atoms with Gasteiger partial charge in [0, 0.05) is 12.6 Å². The summed E-state index contributed by atoms with van der Waals surface area (Å²) in [5, 5.41) is 6.89. The Hall–Kier alpha value is -2.62. The second kappa shape index (κ2) is 5.79. The Morgan fingerprint density at radius 3 is 2.62 bits per heavy atom. The van der Waals surface area contributed by atoms with Gasteiger partial charge < -0.3 is 4.90 Å². The van der Waals surface area contributed by atoms with Crippen LogP contribution in [-0.2, 0) is 6.54 Å². The average Bonchev–Trinajstić information content (AvgIpc) is 3.03. The highest BCUT2D eigenvalue weighted by Gasteiger charge is 2.15. The number of aromatic amines is 1. The average molecular weight is 281 g/mol. The first-order chi connectivity index (χ1) is 10.2. The summed E-state index contributed by atoms with van der Waals surface area (Å²) in [6.45, 7) is 2.53. The number of hydrogen-bond acceptors (Lipinski definition) is 2. The molecule has 0 radical (unpaired) electrons. The van der Waals surface area contributed by atoms with E-state index in [1.807, 2.05) is 54.3 Å². The number of benzene rings is 2. The van der Waals surface area contributed by atoms with Gasteiger partial charge in [-0.25, -0.2) is 4.39 Å². The van der Waals surface area contributed by atoms with Crippen molar-refractivity contribution in [2.45, 2.75) is 13.5 Å². The number of aromatic nitrogens is 2. The van der Waals surface area contributed by atoms with E-state index in [0.717, 1.165) is 16.9 Å². The van der Waals surface area contributed by atoms with E-state index in [2.05, 4.69) is 10.2 Å². The molecule has 0 aliphatic heterocycles. The van der Waals surface area contributed by atoms with E-state index in [-0.39, 0.29) is 5.82 Å². The molecule has 0 fully saturated rings. The summed E-state index contributed by atoms with van der Waals surface area (Å²) >= 11 is 0. The van der Waals surface area contributed by atoms with E-state index < -0.39 is 0 Å². The SMILES string of the molecule is Cc1ccc(F)c(N(Cc2ccccc2)c2ccn[nH]2)c1. The Balaban J connectivity index is 2.02. The first kappa shape index (κ1) is 13.4. The highest BCUT2D eigenvalue weighted by atomic mass is 19.1. The fourth-order valence-electron chi connectivity index (χ4n) is 2.29. The number of halogens is 1. The Bertz CT molecular complexity index is 708. The van der Waals surface area contributed by atoms with Gasteiger partial charge in [-0.05, 0) is 30.2 Å². The van der Waals surface area contributed by atoms with Crippen molar-refractivity contribution < 1.29 is 4.39 Å². The summed E-state index contributed by atoms with van der Waals surface area (Å²) in [7, 11) is 0. The molecule has 0 saturated carbocycles. The molecule has 106 valence electrons. The first-order valence-electron chi connectivity index (χ1n) is 6.81. The number of anilines is 2. The van der Waals surface area contributed by atoms with Crippen molar-refractivity contribution in [3.63, 3.8) is 0 Å². The van der Waals surface area contributed by atoms with Crippen molar-refractivity contribution in [2.75, 3.05) is 4.90 Å². The van der Waals surface area contributed by atoms with Gasteiger partial charge in [-0.3, -0.25) is 5.10 Å². The van der Waals surface area contributed by atoms with Crippen LogP contribution in [-0.4, -0.2) is 10.2 Å². The van der Waals surface area contributed by atoms with Gasteiger partial charge in [0.15, 0.2) is 0 Å². The van der Waals surface area contributed by atoms with Crippen LogP contribution in [0.1, 0.15) is 11.1 Å². The van der Waals surface area contributed by atoms with Gasteiger partial charge >= 0.3 is 0 Å². The molecule has 0 amide bonds. The van der Waals surface area contributed by atoms with Crippen molar-refractivity contribution in [1.82, 2.24) is 10.2 Å². The van der Waals surface area contributed by atoms with E-state index in [4.69, 9.17) is 0 Å². The van der Waals surface area contributed by atoms with Gasteiger partial charge in [0.1, 0.15) is 11.6 Å². The van der Waals surface area contributed by atoms with Gasteiger partial charge in [0.2, 0.25) is 0 Å². The zero-order chi connectivity index (χ0) is 14.7. The fraction of sp³-hybridized carbons (Fsp3) is 0.118. The minimum Gasteiger partial charge on any atom is -0.320 e. The number of rotatable bonds is 4. The van der Waals surface area contributed by atoms with Crippen molar-refractivity contribution in [2.24, 2.45) is 0 Å². The van der Waals surface area contributed by atoms with Crippen LogP contribution in [0.5, 0.6) is 0 Å². The molecule has 1 aromatic heterocycles. The molecule has 0 unspecified atom stereocenters. The minimum absolute atomic E-state index is 0.244. The van der Waals surface area contributed by atoms with Crippen LogP contribution in [0, 0.1) is 12.7 Å². The molecule has 0 saturated heterocycles. The zero-order valence-electron chi connectivity index (χ0n) is 11.8. The third-order valence-electron chi connectivity index (χ3n) is 3.35. The van der Waals surface area contributed by atoms with Crippen molar-refractivity contribution in [3.05, 3.63) is 77.7 Å². The van der Waals surface area contributed by atoms with Gasteiger partial charge in [0.05, 0.1) is 11.9 Å². The van der Waals surface area contributed by atoms with Gasteiger partial charge in [-0.2, -0.15) is 5.10 Å². The quantitative estimate of drug-likeness (QED) is 0.777. The number of H-pyrrole nitrogens is 1. The summed E-state index contributed by atoms with van der Waals surface area (Å²) in [6.07, 6.45) is 1.67. The summed E-state index contributed by atoms with van der Waals surface area (Å²) in [4.78, 5) is 1.89. The first-order valence-corrected chi connectivity index (χ1v) is 6.81. The standard InChI is InChI=1S/C17H16FN3/c1-13-7-8-15(18)16(11-13)21(17-9-10-19-20-17)12-14-5-3-2-4-6-14/h2-11H,12H2,1H3,(H,19,20). The monoisotopic (exact) mass is 281 g/mol. The van der Waals surface area contributed by atoms with E-state index in [1.54, 1.807) is 12.3 Å². The van der Waals surface area contributed by atoms with Gasteiger partial charge in [0.25, 0.3) is 0 Å². The normalized spacial score (nSPS) is 10.6. The lowest BCUT2D eigenvalue weighted by Crippen LogP contribution is -2.18. The Morgan fingerprint density at radius 2 is 1.90 bits per heavy atom. The lowest BCUT2D eigenvalue weighted by Gasteiger charge is -2.24. The third kappa shape index (κ3) is 2.94. The molecule has 1 N–H and O–H groups in total. The molecule has 4 heteroatoms. The molecule has 0 bridgehead atoms. The number of nitrogens with zero attached hydrogens (tertiary/aromatic N) is 2. The van der Waals surface area contributed by atoms with E-state index in [9.17, 15) is 4.39 Å². The molecular weight excluding hydrogens is 265 g/mol. The highest BCUT2D eigenvalue weighted by Crippen LogP contribution is 2.29. The number of hydrogen-bond donors (Lipinski definition) is 1. The number of nitrogens with one attached hydrogen (secondary N) is 1. The Kier molecular flexibility index (Phi) is 3.69. The van der Waals surface area contributed by atoms with E-state index in [1.165, 1.54) is 6.07 Å². The molecule has 0 aliphatic carbocycles. The zero-order valence-corrected chi connectivity index (χ0v) is 11.8. The lowest BCUT2D eigenvalue weighted by molar-refractivity contribution is 0.623. The molecule has 3 rings (SSSR count). The minimum atomic E-state index is -0.244. The summed E-state index contributed by atoms with van der Waals surface area (Å²) in [5.74, 6) is 0.523. The van der Waals surface area contributed by atoms with Crippen LogP contribution in [0.15, 0.2) is 60.8 Å². The summed E-state index contributed by atoms with van der Waals surface area (Å²) in [6, 6.07) is 16.9. The maximum absolute atomic E-state index is 14.2. The van der Waals surface area contributed by atoms with Crippen molar-refractivity contribution >= 4 is 11.5 Å². The molecule has 0 spiro atoms. The Morgan fingerprint density at radius 1 is 1.10 bits per heavy atom. The second-order valence-electron chi connectivity index (χ2n) is 4.97. The van der Waals surface area contributed by atoms with Crippen LogP contribution in [0.3, 0.4) is 0 Å². The van der Waals surface area contributed by atoms with Gasteiger partial charge in [-0.15, -0.1) is 0 Å². The third-order valence-corrected chi connectivity index (χ3v) is 3.35. The molecule has 2 aromatic carbocycles. The maximum atomic E-state index is 14.2. The highest BCUT2D eigenvalue weighted by molar-refractivity contribution is 5.61. The van der Waals surface area contributed by atoms with Crippen molar-refractivity contribution in [3.8, 4) is 0 Å². The molecule has 21 heavy (non-hydrogen) atoms. The predicted octanol–water partition coefficient (Wildman–Crippen LogP) is 4.20. The van der Waals surface area contributed by atoms with Gasteiger partial charge in [-0.1, -0.05) is 36.4 Å². The van der Waals surface area contributed by atoms with Crippen LogP contribution in [0.25, 0.3) is 0 Å². The number of aryl methyl sites for hydroxylation is 1. The molecule has 3 aromatic rings. The molecule has 1 heterocycles.